The van der Waals surface area contributed by atoms with E-state index in [1.807, 2.05) is 0 Å². The Morgan fingerprint density at radius 2 is 2.23 bits per heavy atom. The van der Waals surface area contributed by atoms with Gasteiger partial charge in [0, 0.05) is 5.75 Å². The van der Waals surface area contributed by atoms with Gasteiger partial charge in [0.05, 0.1) is 11.6 Å². The molecule has 66 valence electrons. The van der Waals surface area contributed by atoms with Gasteiger partial charge in [0.25, 0.3) is 5.91 Å². The Morgan fingerprint density at radius 3 is 2.46 bits per heavy atom. The maximum Gasteiger partial charge on any atom is 1.00 e. The smallest absolute Gasteiger partial charge is 0.873 e. The zero-order valence-electron chi connectivity index (χ0n) is 7.46. The van der Waals surface area contributed by atoms with Crippen LogP contribution in [0.2, 0.25) is 0 Å². The van der Waals surface area contributed by atoms with E-state index >= 15 is 0 Å². The van der Waals surface area contributed by atoms with Gasteiger partial charge in [-0.3, -0.25) is 9.59 Å². The predicted octanol–water partition coefficient (Wildman–Crippen LogP) is -4.38. The van der Waals surface area contributed by atoms with Crippen molar-refractivity contribution in [2.24, 2.45) is 0 Å². The third-order valence-corrected chi connectivity index (χ3v) is 2.00. The number of amides is 1. The van der Waals surface area contributed by atoms with Crippen LogP contribution in [0.1, 0.15) is 6.92 Å². The molecule has 0 spiro atoms. The zero-order valence-corrected chi connectivity index (χ0v) is 10.4. The zero-order chi connectivity index (χ0) is 9.30. The fourth-order valence-corrected chi connectivity index (χ4v) is 1.30. The summed E-state index contributed by atoms with van der Waals surface area (Å²) in [6.45, 7) is 1.20. The molecule has 0 aromatic carbocycles. The molecule has 0 fully saturated rings. The second-order valence-corrected chi connectivity index (χ2v) is 2.87. The van der Waals surface area contributed by atoms with Crippen molar-refractivity contribution in [2.45, 2.75) is 13.0 Å². The van der Waals surface area contributed by atoms with Gasteiger partial charge in [-0.2, -0.15) is 12.6 Å². The number of carbonyl (C=O) groups excluding carboxylic acids is 2. The average Bonchev–Trinajstić information content (AvgIpc) is 2.25. The van der Waals surface area contributed by atoms with Crippen LogP contribution in [0, 0.1) is 0 Å². The Hall–Kier alpha value is 0.0300. The molecule has 6 heteroatoms. The number of hydrogen-bond acceptors (Lipinski definition) is 4. The van der Waals surface area contributed by atoms with Crippen molar-refractivity contribution in [3.8, 4) is 0 Å². The molecule has 0 aliphatic carbocycles. The number of rotatable bonds is 2. The molecule has 0 radical (unpaired) electrons. The van der Waals surface area contributed by atoms with Gasteiger partial charge in [-0.05, 0) is 6.92 Å². The average molecular weight is 209 g/mol. The van der Waals surface area contributed by atoms with Gasteiger partial charge in [0.15, 0.2) is 5.78 Å². The molecule has 0 aromatic heterocycles. The number of carbonyl (C=O) groups is 2. The van der Waals surface area contributed by atoms with Crippen molar-refractivity contribution in [3.63, 3.8) is 0 Å². The summed E-state index contributed by atoms with van der Waals surface area (Å²) in [6.07, 6.45) is 0. The second-order valence-electron chi connectivity index (χ2n) is 2.50. The molecule has 1 aliphatic heterocycles. The molecule has 1 heterocycles. The van der Waals surface area contributed by atoms with Crippen LogP contribution in [-0.2, 0) is 9.59 Å². The molecule has 13 heavy (non-hydrogen) atoms. The molecule has 1 amide bonds. The predicted molar refractivity (Wildman–Crippen MR) is 43.5 cm³/mol. The largest absolute Gasteiger partial charge is 1.00 e. The Bertz CT molecular complexity index is 277. The summed E-state index contributed by atoms with van der Waals surface area (Å²) in [5.41, 5.74) is -0.256. The van der Waals surface area contributed by atoms with E-state index in [9.17, 15) is 14.7 Å². The molecular weight excluding hydrogens is 201 g/mol. The summed E-state index contributed by atoms with van der Waals surface area (Å²) < 4.78 is 0. The van der Waals surface area contributed by atoms with Gasteiger partial charge in [-0.25, -0.2) is 0 Å². The van der Waals surface area contributed by atoms with E-state index < -0.39 is 23.5 Å². The number of nitrogens with one attached hydrogen (secondary N) is 1. The van der Waals surface area contributed by atoms with Crippen molar-refractivity contribution in [2.75, 3.05) is 5.75 Å². The molecule has 1 aliphatic rings. The van der Waals surface area contributed by atoms with Crippen LogP contribution in [0.25, 0.3) is 0 Å². The van der Waals surface area contributed by atoms with E-state index in [2.05, 4.69) is 17.9 Å². The van der Waals surface area contributed by atoms with Gasteiger partial charge < -0.3 is 10.4 Å². The quantitative estimate of drug-likeness (QED) is 0.274. The molecule has 1 atom stereocenters. The summed E-state index contributed by atoms with van der Waals surface area (Å²) in [4.78, 5) is 21.8. The summed E-state index contributed by atoms with van der Waals surface area (Å²) in [5, 5.41) is 13.6. The van der Waals surface area contributed by atoms with Crippen LogP contribution in [0.4, 0.5) is 0 Å². The third-order valence-electron chi connectivity index (χ3n) is 1.63. The normalized spacial score (nSPS) is 21.1. The minimum atomic E-state index is -0.625. The molecule has 0 bridgehead atoms. The van der Waals surface area contributed by atoms with Crippen LogP contribution < -0.4 is 40.0 Å². The number of thiol groups is 1. The summed E-state index contributed by atoms with van der Waals surface area (Å²) >= 11 is 3.86. The molecule has 0 saturated heterocycles. The van der Waals surface area contributed by atoms with Crippen LogP contribution in [-0.4, -0.2) is 23.5 Å². The number of hydrogen-bond donors (Lipinski definition) is 2. The summed E-state index contributed by atoms with van der Waals surface area (Å²) in [6, 6.07) is -0.625. The van der Waals surface area contributed by atoms with Gasteiger partial charge in [-0.15, -0.1) is 0 Å². The van der Waals surface area contributed by atoms with Gasteiger partial charge in [0.1, 0.15) is 0 Å². The van der Waals surface area contributed by atoms with E-state index in [1.54, 1.807) is 0 Å². The van der Waals surface area contributed by atoms with Crippen molar-refractivity contribution < 1.29 is 44.3 Å². The van der Waals surface area contributed by atoms with E-state index in [0.29, 0.717) is 0 Å². The van der Waals surface area contributed by atoms with Crippen LogP contribution in [0.5, 0.6) is 0 Å². The first kappa shape index (κ1) is 13.0. The van der Waals surface area contributed by atoms with Crippen molar-refractivity contribution in [3.05, 3.63) is 11.3 Å². The van der Waals surface area contributed by atoms with Gasteiger partial charge in [0.2, 0.25) is 0 Å². The molecule has 0 saturated carbocycles. The summed E-state index contributed by atoms with van der Waals surface area (Å²) in [5.74, 6) is -1.28. The number of Topliss-reactive ketones (excluding diaryl/α,β-unsaturated/α-hetero) is 1. The Morgan fingerprint density at radius 1 is 1.69 bits per heavy atom. The van der Waals surface area contributed by atoms with Crippen LogP contribution >= 0.6 is 12.6 Å². The fourth-order valence-electron chi connectivity index (χ4n) is 1.04. The fraction of sp³-hybridized carbons (Fsp3) is 0.429. The van der Waals surface area contributed by atoms with Gasteiger partial charge in [-0.1, -0.05) is 5.76 Å². The maximum absolute atomic E-state index is 11.2. The monoisotopic (exact) mass is 209 g/mol. The first-order chi connectivity index (χ1) is 5.57. The molecule has 0 aromatic rings. The molecule has 1 N–H and O–H groups in total. The maximum atomic E-state index is 11.2. The minimum Gasteiger partial charge on any atom is -0.873 e. The molecule has 4 nitrogen and oxygen atoms in total. The third kappa shape index (κ3) is 2.49. The van der Waals surface area contributed by atoms with E-state index in [4.69, 9.17) is 0 Å². The molecule has 1 unspecified atom stereocenters. The molecule has 1 rings (SSSR count). The first-order valence-electron chi connectivity index (χ1n) is 3.41. The standard InChI is InChI=1S/C7H9NO3S.Na/c1-3(9)5-6(10)4(2-12)8-7(5)11;/h4,10,12H,2H2,1H3,(H,8,11);/q;+1/p-1. The first-order valence-corrected chi connectivity index (χ1v) is 4.05. The Balaban J connectivity index is 0.00000144. The Labute approximate surface area is 103 Å². The second kappa shape index (κ2) is 5.05. The van der Waals surface area contributed by atoms with E-state index in [-0.39, 0.29) is 40.9 Å². The van der Waals surface area contributed by atoms with Crippen molar-refractivity contribution in [1.29, 1.82) is 0 Å². The van der Waals surface area contributed by atoms with Crippen LogP contribution in [0.3, 0.4) is 0 Å². The molecular formula is C7H8NNaO3S. The SMILES string of the molecule is CC(=O)C1=C([O-])C(CS)NC1=O.[Na+]. The number of ketones is 1. The van der Waals surface area contributed by atoms with E-state index in [1.165, 1.54) is 6.92 Å². The van der Waals surface area contributed by atoms with Gasteiger partial charge >= 0.3 is 29.6 Å². The van der Waals surface area contributed by atoms with Crippen LogP contribution in [0.15, 0.2) is 11.3 Å². The van der Waals surface area contributed by atoms with Crippen molar-refractivity contribution >= 4 is 24.3 Å². The topological polar surface area (TPSA) is 69.2 Å². The summed E-state index contributed by atoms with van der Waals surface area (Å²) in [7, 11) is 0. The van der Waals surface area contributed by atoms with Crippen molar-refractivity contribution in [1.82, 2.24) is 5.32 Å². The minimum absolute atomic E-state index is 0. The Kier molecular flexibility index (Phi) is 5.06. The van der Waals surface area contributed by atoms with E-state index in [0.717, 1.165) is 0 Å².